The van der Waals surface area contributed by atoms with Gasteiger partial charge in [-0.05, 0) is 43.6 Å². The normalized spacial score (nSPS) is 16.1. The third-order valence-electron chi connectivity index (χ3n) is 6.60. The fourth-order valence-corrected chi connectivity index (χ4v) is 4.63. The average molecular weight is 490 g/mol. The second-order valence-corrected chi connectivity index (χ2v) is 8.64. The molecule has 1 N–H and O–H groups in total. The minimum absolute atomic E-state index is 0.0133. The van der Waals surface area contributed by atoms with Crippen LogP contribution in [0.4, 0.5) is 19.0 Å². The first-order chi connectivity index (χ1) is 16.8. The third kappa shape index (κ3) is 5.55. The first-order valence-corrected chi connectivity index (χ1v) is 11.9. The largest absolute Gasteiger partial charge is 0.453 e. The van der Waals surface area contributed by atoms with E-state index in [1.54, 1.807) is 6.07 Å². The van der Waals surface area contributed by atoms with Crippen LogP contribution in [-0.2, 0) is 11.0 Å². The molecule has 1 aromatic carbocycles. The predicted molar refractivity (Wildman–Crippen MR) is 126 cm³/mol. The molecule has 0 aliphatic carbocycles. The molecule has 0 spiro atoms. The van der Waals surface area contributed by atoms with Gasteiger partial charge in [-0.1, -0.05) is 44.2 Å². The van der Waals surface area contributed by atoms with Crippen molar-refractivity contribution >= 4 is 17.4 Å². The molecule has 8 nitrogen and oxygen atoms in total. The standard InChI is InChI=1S/C24H30F3N7O/c1-3-32(4-2)19(17-8-6-5-7-9-17)16-28-22(35)18-12-14-33(15-13-18)21-11-10-20-29-30-23(24(25,26)27)34(20)31-21/h5-11,18-19H,3-4,12-16H2,1-2H3,(H,28,35)/t19-/m1/s1. The van der Waals surface area contributed by atoms with E-state index in [9.17, 15) is 18.0 Å². The van der Waals surface area contributed by atoms with Crippen molar-refractivity contribution in [1.82, 2.24) is 30.0 Å². The maximum atomic E-state index is 13.2. The van der Waals surface area contributed by atoms with Crippen molar-refractivity contribution in [2.24, 2.45) is 5.92 Å². The van der Waals surface area contributed by atoms with E-state index in [-0.39, 0.29) is 23.5 Å². The molecule has 1 amide bonds. The molecule has 1 fully saturated rings. The fourth-order valence-electron chi connectivity index (χ4n) is 4.63. The molecule has 1 aliphatic heterocycles. The van der Waals surface area contributed by atoms with Crippen molar-refractivity contribution < 1.29 is 18.0 Å². The number of carbonyl (C=O) groups is 1. The molecule has 3 heterocycles. The molecule has 0 saturated carbocycles. The maximum Gasteiger partial charge on any atom is 0.453 e. The van der Waals surface area contributed by atoms with Gasteiger partial charge in [-0.3, -0.25) is 9.69 Å². The van der Waals surface area contributed by atoms with Gasteiger partial charge in [0.2, 0.25) is 5.91 Å². The van der Waals surface area contributed by atoms with Crippen LogP contribution in [0.15, 0.2) is 42.5 Å². The van der Waals surface area contributed by atoms with Gasteiger partial charge >= 0.3 is 6.18 Å². The summed E-state index contributed by atoms with van der Waals surface area (Å²) in [5.74, 6) is -0.875. The topological polar surface area (TPSA) is 78.7 Å². The van der Waals surface area contributed by atoms with Crippen LogP contribution in [0.1, 0.15) is 44.1 Å². The SMILES string of the molecule is CCN(CC)[C@H](CNC(=O)C1CCN(c2ccc3nnc(C(F)(F)F)n3n2)CC1)c1ccccc1. The maximum absolute atomic E-state index is 13.2. The van der Waals surface area contributed by atoms with E-state index in [2.05, 4.69) is 51.5 Å². The van der Waals surface area contributed by atoms with Crippen molar-refractivity contribution in [3.63, 3.8) is 0 Å². The number of fused-ring (bicyclic) bond motifs is 1. The van der Waals surface area contributed by atoms with Gasteiger partial charge in [0.25, 0.3) is 5.82 Å². The lowest BCUT2D eigenvalue weighted by Gasteiger charge is -2.33. The van der Waals surface area contributed by atoms with Crippen LogP contribution in [0.5, 0.6) is 0 Å². The Bertz CT molecular complexity index is 1120. The summed E-state index contributed by atoms with van der Waals surface area (Å²) in [5.41, 5.74) is 1.21. The molecule has 4 rings (SSSR count). The van der Waals surface area contributed by atoms with Gasteiger partial charge in [0, 0.05) is 25.6 Å². The molecule has 0 unspecified atom stereocenters. The highest BCUT2D eigenvalue weighted by atomic mass is 19.4. The molecule has 0 radical (unpaired) electrons. The molecule has 11 heteroatoms. The minimum atomic E-state index is -4.64. The van der Waals surface area contributed by atoms with Crippen LogP contribution < -0.4 is 10.2 Å². The lowest BCUT2D eigenvalue weighted by atomic mass is 9.95. The molecule has 2 aromatic heterocycles. The van der Waals surface area contributed by atoms with Gasteiger partial charge in [0.05, 0.1) is 6.04 Å². The Kier molecular flexibility index (Phi) is 7.54. The number of amides is 1. The van der Waals surface area contributed by atoms with E-state index < -0.39 is 12.0 Å². The first kappa shape index (κ1) is 24.9. The number of rotatable bonds is 8. The van der Waals surface area contributed by atoms with Crippen molar-refractivity contribution in [2.45, 2.75) is 38.9 Å². The first-order valence-electron chi connectivity index (χ1n) is 11.9. The summed E-state index contributed by atoms with van der Waals surface area (Å²) in [7, 11) is 0. The van der Waals surface area contributed by atoms with E-state index in [0.717, 1.165) is 17.6 Å². The number of likely N-dealkylation sites (N-methyl/N-ethyl adjacent to an activating group) is 1. The van der Waals surface area contributed by atoms with Crippen molar-refractivity contribution in [1.29, 1.82) is 0 Å². The Hall–Kier alpha value is -3.21. The highest BCUT2D eigenvalue weighted by Gasteiger charge is 2.38. The van der Waals surface area contributed by atoms with Gasteiger partial charge in [-0.25, -0.2) is 0 Å². The van der Waals surface area contributed by atoms with E-state index in [0.29, 0.717) is 38.3 Å². The summed E-state index contributed by atoms with van der Waals surface area (Å²) in [5, 5.41) is 14.0. The number of benzene rings is 1. The lowest BCUT2D eigenvalue weighted by molar-refractivity contribution is -0.146. The zero-order chi connectivity index (χ0) is 25.0. The molecule has 188 valence electrons. The van der Waals surface area contributed by atoms with Crippen molar-refractivity contribution in [3.05, 3.63) is 53.9 Å². The smallest absolute Gasteiger partial charge is 0.355 e. The molecule has 0 bridgehead atoms. The number of alkyl halides is 3. The van der Waals surface area contributed by atoms with Crippen LogP contribution in [0.25, 0.3) is 5.65 Å². The van der Waals surface area contributed by atoms with Crippen LogP contribution in [0.2, 0.25) is 0 Å². The Morgan fingerprint density at radius 2 is 1.77 bits per heavy atom. The van der Waals surface area contributed by atoms with Gasteiger partial charge in [-0.2, -0.15) is 17.7 Å². The summed E-state index contributed by atoms with van der Waals surface area (Å²) < 4.78 is 40.2. The Balaban J connectivity index is 1.37. The molecular weight excluding hydrogens is 459 g/mol. The van der Waals surface area contributed by atoms with Crippen molar-refractivity contribution in [3.8, 4) is 0 Å². The van der Waals surface area contributed by atoms with Crippen LogP contribution >= 0.6 is 0 Å². The number of piperidine rings is 1. The molecule has 1 atom stereocenters. The van der Waals surface area contributed by atoms with E-state index in [1.807, 2.05) is 23.1 Å². The van der Waals surface area contributed by atoms with E-state index >= 15 is 0 Å². The molecule has 1 saturated heterocycles. The number of halogens is 3. The zero-order valence-corrected chi connectivity index (χ0v) is 19.9. The van der Waals surface area contributed by atoms with Crippen LogP contribution in [0, 0.1) is 5.92 Å². The lowest BCUT2D eigenvalue weighted by Crippen LogP contribution is -2.44. The molecule has 1 aliphatic rings. The predicted octanol–water partition coefficient (Wildman–Crippen LogP) is 3.56. The quantitative estimate of drug-likeness (QED) is 0.521. The summed E-state index contributed by atoms with van der Waals surface area (Å²) in [4.78, 5) is 17.2. The van der Waals surface area contributed by atoms with Gasteiger partial charge in [0.15, 0.2) is 5.65 Å². The third-order valence-corrected chi connectivity index (χ3v) is 6.60. The summed E-state index contributed by atoms with van der Waals surface area (Å²) in [6, 6.07) is 13.4. The summed E-state index contributed by atoms with van der Waals surface area (Å²) in [6.45, 7) is 7.56. The summed E-state index contributed by atoms with van der Waals surface area (Å²) >= 11 is 0. The van der Waals surface area contributed by atoms with Crippen LogP contribution in [0.3, 0.4) is 0 Å². The monoisotopic (exact) mass is 489 g/mol. The molecule has 3 aromatic rings. The van der Waals surface area contributed by atoms with Crippen molar-refractivity contribution in [2.75, 3.05) is 37.6 Å². The minimum Gasteiger partial charge on any atom is -0.355 e. The number of hydrogen-bond acceptors (Lipinski definition) is 6. The number of nitrogens with zero attached hydrogens (tertiary/aromatic N) is 6. The summed E-state index contributed by atoms with van der Waals surface area (Å²) in [6.07, 6.45) is -3.44. The second kappa shape index (κ2) is 10.6. The number of carbonyl (C=O) groups excluding carboxylic acids is 1. The zero-order valence-electron chi connectivity index (χ0n) is 19.9. The van der Waals surface area contributed by atoms with E-state index in [4.69, 9.17) is 0 Å². The second-order valence-electron chi connectivity index (χ2n) is 8.64. The highest BCUT2D eigenvalue weighted by molar-refractivity contribution is 5.79. The van der Waals surface area contributed by atoms with Gasteiger partial charge in [0.1, 0.15) is 5.82 Å². The average Bonchev–Trinajstić information content (AvgIpc) is 3.31. The highest BCUT2D eigenvalue weighted by Crippen LogP contribution is 2.29. The fraction of sp³-hybridized carbons (Fsp3) is 0.500. The Labute approximate surface area is 202 Å². The number of nitrogens with one attached hydrogen (secondary N) is 1. The molecular formula is C24H30F3N7O. The Morgan fingerprint density at radius 3 is 2.40 bits per heavy atom. The van der Waals surface area contributed by atoms with Gasteiger partial charge < -0.3 is 10.2 Å². The van der Waals surface area contributed by atoms with Crippen LogP contribution in [-0.4, -0.2) is 63.3 Å². The number of aromatic nitrogens is 4. The number of anilines is 1. The Morgan fingerprint density at radius 1 is 1.09 bits per heavy atom. The number of hydrogen-bond donors (Lipinski definition) is 1. The molecule has 35 heavy (non-hydrogen) atoms. The van der Waals surface area contributed by atoms with E-state index in [1.165, 1.54) is 11.6 Å². The van der Waals surface area contributed by atoms with Gasteiger partial charge in [-0.15, -0.1) is 15.3 Å².